The van der Waals surface area contributed by atoms with Crippen LogP contribution in [-0.2, 0) is 17.8 Å². The van der Waals surface area contributed by atoms with Gasteiger partial charge in [-0.1, -0.05) is 52.3 Å². The molecule has 0 aliphatic carbocycles. The van der Waals surface area contributed by atoms with Gasteiger partial charge < -0.3 is 14.2 Å². The van der Waals surface area contributed by atoms with Crippen LogP contribution >= 0.6 is 31.9 Å². The lowest BCUT2D eigenvalue weighted by atomic mass is 10.1. The molecule has 0 bridgehead atoms. The van der Waals surface area contributed by atoms with Gasteiger partial charge in [0.1, 0.15) is 12.4 Å². The Morgan fingerprint density at radius 2 is 1.84 bits per heavy atom. The summed E-state index contributed by atoms with van der Waals surface area (Å²) in [6, 6.07) is 19.1. The minimum atomic E-state index is -0.240. The van der Waals surface area contributed by atoms with Crippen molar-refractivity contribution in [2.45, 2.75) is 13.0 Å². The molecular weight excluding hydrogens is 528 g/mol. The van der Waals surface area contributed by atoms with Crippen molar-refractivity contribution in [2.24, 2.45) is 5.10 Å². The molecular formula is C23H18Br2N2O4. The van der Waals surface area contributed by atoms with Gasteiger partial charge in [-0.3, -0.25) is 4.79 Å². The number of hydrazone groups is 1. The molecule has 31 heavy (non-hydrogen) atoms. The molecule has 0 spiro atoms. The zero-order valence-corrected chi connectivity index (χ0v) is 19.5. The van der Waals surface area contributed by atoms with Gasteiger partial charge in [-0.15, -0.1) is 0 Å². The Morgan fingerprint density at radius 1 is 1.03 bits per heavy atom. The fraction of sp³-hybridized carbons (Fsp3) is 0.130. The Hall–Kier alpha value is -2.84. The van der Waals surface area contributed by atoms with Crippen LogP contribution in [0.5, 0.6) is 17.2 Å². The number of rotatable bonds is 7. The Balaban J connectivity index is 1.41. The van der Waals surface area contributed by atoms with E-state index in [0.29, 0.717) is 23.9 Å². The third-order valence-corrected chi connectivity index (χ3v) is 5.50. The van der Waals surface area contributed by atoms with Crippen LogP contribution in [0.4, 0.5) is 0 Å². The summed E-state index contributed by atoms with van der Waals surface area (Å²) in [4.78, 5) is 12.3. The van der Waals surface area contributed by atoms with E-state index < -0.39 is 0 Å². The number of hydrogen-bond donors (Lipinski definition) is 1. The first-order chi connectivity index (χ1) is 15.1. The minimum Gasteiger partial charge on any atom is -0.487 e. The number of halogens is 2. The molecule has 0 saturated carbocycles. The molecule has 1 aliphatic rings. The highest BCUT2D eigenvalue weighted by atomic mass is 79.9. The summed E-state index contributed by atoms with van der Waals surface area (Å²) in [5.74, 6) is 1.73. The summed E-state index contributed by atoms with van der Waals surface area (Å²) in [6.07, 6.45) is 1.74. The van der Waals surface area contributed by atoms with E-state index in [2.05, 4.69) is 42.4 Å². The average molecular weight is 546 g/mol. The molecule has 3 aromatic rings. The monoisotopic (exact) mass is 544 g/mol. The zero-order chi connectivity index (χ0) is 21.6. The molecule has 0 atom stereocenters. The van der Waals surface area contributed by atoms with E-state index in [1.807, 2.05) is 48.5 Å². The van der Waals surface area contributed by atoms with E-state index in [0.717, 1.165) is 25.6 Å². The summed E-state index contributed by atoms with van der Waals surface area (Å²) >= 11 is 7.01. The van der Waals surface area contributed by atoms with E-state index in [1.165, 1.54) is 0 Å². The fourth-order valence-corrected chi connectivity index (χ4v) is 4.38. The lowest BCUT2D eigenvalue weighted by molar-refractivity contribution is -0.120. The van der Waals surface area contributed by atoms with Crippen molar-refractivity contribution < 1.29 is 19.0 Å². The van der Waals surface area contributed by atoms with Gasteiger partial charge in [0.25, 0.3) is 0 Å². The molecule has 0 fully saturated rings. The summed E-state index contributed by atoms with van der Waals surface area (Å²) in [6.45, 7) is 0.616. The number of fused-ring (bicyclic) bond motifs is 1. The Labute approximate surface area is 196 Å². The number of ether oxygens (including phenoxy) is 3. The quantitative estimate of drug-likeness (QED) is 0.327. The third-order valence-electron chi connectivity index (χ3n) is 4.46. The molecule has 0 saturated heterocycles. The van der Waals surface area contributed by atoms with Crippen LogP contribution in [0.2, 0.25) is 0 Å². The maximum atomic E-state index is 12.3. The maximum Gasteiger partial charge on any atom is 0.244 e. The number of carbonyl (C=O) groups excluding carboxylic acids is 1. The largest absolute Gasteiger partial charge is 0.487 e. The smallest absolute Gasteiger partial charge is 0.244 e. The maximum absolute atomic E-state index is 12.3. The molecule has 3 aromatic carbocycles. The topological polar surface area (TPSA) is 69.2 Å². The summed E-state index contributed by atoms with van der Waals surface area (Å²) in [7, 11) is 0. The second kappa shape index (κ2) is 9.98. The van der Waals surface area contributed by atoms with E-state index in [1.54, 1.807) is 18.3 Å². The standard InChI is InChI=1S/C23H18Br2N2O4/c24-18-10-17(23(19(25)11-18)29-13-15-4-2-1-3-5-15)12-26-27-22(28)9-16-6-7-20-21(8-16)31-14-30-20/h1-8,10-12H,9,13-14H2,(H,27,28)/b26-12-. The number of benzene rings is 3. The van der Waals surface area contributed by atoms with Gasteiger partial charge in [0.15, 0.2) is 11.5 Å². The van der Waals surface area contributed by atoms with Crippen LogP contribution in [0.15, 0.2) is 74.7 Å². The second-order valence-corrected chi connectivity index (χ2v) is 8.51. The first-order valence-electron chi connectivity index (χ1n) is 9.45. The molecule has 1 amide bonds. The molecule has 158 valence electrons. The first kappa shape index (κ1) is 21.4. The van der Waals surface area contributed by atoms with E-state index in [9.17, 15) is 4.79 Å². The van der Waals surface area contributed by atoms with Crippen molar-refractivity contribution >= 4 is 44.0 Å². The summed E-state index contributed by atoms with van der Waals surface area (Å²) < 4.78 is 18.3. The van der Waals surface area contributed by atoms with Crippen molar-refractivity contribution in [2.75, 3.05) is 6.79 Å². The van der Waals surface area contributed by atoms with Crippen molar-refractivity contribution in [3.63, 3.8) is 0 Å². The predicted molar refractivity (Wildman–Crippen MR) is 125 cm³/mol. The van der Waals surface area contributed by atoms with Gasteiger partial charge in [0.05, 0.1) is 17.1 Å². The normalized spacial score (nSPS) is 12.2. The Bertz CT molecular complexity index is 1120. The van der Waals surface area contributed by atoms with Crippen LogP contribution in [0.1, 0.15) is 16.7 Å². The van der Waals surface area contributed by atoms with E-state index in [-0.39, 0.29) is 19.1 Å². The molecule has 0 aromatic heterocycles. The van der Waals surface area contributed by atoms with Crippen molar-refractivity contribution in [1.29, 1.82) is 0 Å². The van der Waals surface area contributed by atoms with Crippen LogP contribution in [0.25, 0.3) is 0 Å². The summed E-state index contributed by atoms with van der Waals surface area (Å²) in [5.41, 5.74) is 5.15. The number of nitrogens with zero attached hydrogens (tertiary/aromatic N) is 1. The van der Waals surface area contributed by atoms with Crippen LogP contribution in [0.3, 0.4) is 0 Å². The van der Waals surface area contributed by atoms with Gasteiger partial charge in [0.2, 0.25) is 12.7 Å². The molecule has 1 heterocycles. The van der Waals surface area contributed by atoms with Crippen molar-refractivity contribution in [1.82, 2.24) is 5.43 Å². The number of carbonyl (C=O) groups is 1. The van der Waals surface area contributed by atoms with Crippen molar-refractivity contribution in [3.8, 4) is 17.2 Å². The highest BCUT2D eigenvalue weighted by Gasteiger charge is 2.14. The Morgan fingerprint density at radius 3 is 2.68 bits per heavy atom. The summed E-state index contributed by atoms with van der Waals surface area (Å²) in [5, 5.41) is 4.11. The highest BCUT2D eigenvalue weighted by molar-refractivity contribution is 9.11. The number of amides is 1. The SMILES string of the molecule is O=C(Cc1ccc2c(c1)OCO2)N/N=C\c1cc(Br)cc(Br)c1OCc1ccccc1. The Kier molecular flexibility index (Phi) is 6.89. The molecule has 1 aliphatic heterocycles. The van der Waals surface area contributed by atoms with E-state index >= 15 is 0 Å². The van der Waals surface area contributed by atoms with E-state index in [4.69, 9.17) is 14.2 Å². The molecule has 1 N–H and O–H groups in total. The molecule has 4 rings (SSSR count). The fourth-order valence-electron chi connectivity index (χ4n) is 3.01. The molecule has 8 heteroatoms. The van der Waals surface area contributed by atoms with Gasteiger partial charge >= 0.3 is 0 Å². The average Bonchev–Trinajstić information content (AvgIpc) is 3.21. The van der Waals surface area contributed by atoms with Crippen molar-refractivity contribution in [3.05, 3.63) is 86.3 Å². The molecule has 0 radical (unpaired) electrons. The molecule has 6 nitrogen and oxygen atoms in total. The van der Waals surface area contributed by atoms with Gasteiger partial charge in [-0.2, -0.15) is 5.10 Å². The van der Waals surface area contributed by atoms with Crippen LogP contribution in [-0.4, -0.2) is 18.9 Å². The predicted octanol–water partition coefficient (Wildman–Crippen LogP) is 5.21. The van der Waals surface area contributed by atoms with Gasteiger partial charge in [-0.25, -0.2) is 5.43 Å². The minimum absolute atomic E-state index is 0.174. The molecule has 0 unspecified atom stereocenters. The van der Waals surface area contributed by atoms with Crippen LogP contribution in [0, 0.1) is 0 Å². The lowest BCUT2D eigenvalue weighted by Gasteiger charge is -2.12. The lowest BCUT2D eigenvalue weighted by Crippen LogP contribution is -2.19. The number of hydrogen-bond acceptors (Lipinski definition) is 5. The zero-order valence-electron chi connectivity index (χ0n) is 16.3. The second-order valence-electron chi connectivity index (χ2n) is 6.74. The van der Waals surface area contributed by atoms with Gasteiger partial charge in [-0.05, 0) is 51.3 Å². The van der Waals surface area contributed by atoms with Gasteiger partial charge in [0, 0.05) is 10.0 Å². The third kappa shape index (κ3) is 5.65. The first-order valence-corrected chi connectivity index (χ1v) is 11.0. The highest BCUT2D eigenvalue weighted by Crippen LogP contribution is 2.33. The van der Waals surface area contributed by atoms with Crippen LogP contribution < -0.4 is 19.6 Å². The number of nitrogens with one attached hydrogen (secondary N) is 1.